The summed E-state index contributed by atoms with van der Waals surface area (Å²) in [6.07, 6.45) is 1.71. The maximum Gasteiger partial charge on any atom is 0.492 e. The van der Waals surface area contributed by atoms with Crippen molar-refractivity contribution >= 4 is 13.2 Å². The van der Waals surface area contributed by atoms with E-state index in [1.807, 2.05) is 33.8 Å². The summed E-state index contributed by atoms with van der Waals surface area (Å²) in [4.78, 5) is 0. The molecule has 1 aromatic rings. The Balaban J connectivity index is 2.29. The molecule has 0 radical (unpaired) electrons. The number of hydrogen-bond acceptors (Lipinski definition) is 4. The Morgan fingerprint density at radius 2 is 1.70 bits per heavy atom. The third-order valence-electron chi connectivity index (χ3n) is 4.02. The van der Waals surface area contributed by atoms with E-state index in [2.05, 4.69) is 0 Å². The fourth-order valence-corrected chi connectivity index (χ4v) is 1.99. The molecule has 0 bridgehead atoms. The standard InChI is InChI=1S/C15H21BO4/c1-14(2)15(3,4)20-16(19-14)12(10-17)9-11-7-5-6-8-13(11)18/h5-9,17-18H,10H2,1-4H3. The molecule has 0 unspecified atom stereocenters. The summed E-state index contributed by atoms with van der Waals surface area (Å²) in [5.41, 5.74) is 0.311. The van der Waals surface area contributed by atoms with Crippen LogP contribution in [0.3, 0.4) is 0 Å². The van der Waals surface area contributed by atoms with Crippen LogP contribution in [0.5, 0.6) is 5.75 Å². The van der Waals surface area contributed by atoms with Gasteiger partial charge in [-0.05, 0) is 39.2 Å². The molecule has 1 aromatic carbocycles. The third kappa shape index (κ3) is 2.75. The Hall–Kier alpha value is -1.30. The molecule has 1 saturated heterocycles. The van der Waals surface area contributed by atoms with Crippen molar-refractivity contribution in [3.8, 4) is 5.75 Å². The molecule has 0 atom stereocenters. The minimum absolute atomic E-state index is 0.162. The van der Waals surface area contributed by atoms with E-state index in [1.165, 1.54) is 0 Å². The van der Waals surface area contributed by atoms with Crippen LogP contribution in [0.15, 0.2) is 29.7 Å². The summed E-state index contributed by atoms with van der Waals surface area (Å²) in [7, 11) is -0.607. The van der Waals surface area contributed by atoms with Crippen molar-refractivity contribution in [2.75, 3.05) is 6.61 Å². The number of rotatable bonds is 3. The lowest BCUT2D eigenvalue weighted by Crippen LogP contribution is -2.41. The van der Waals surface area contributed by atoms with Crippen LogP contribution in [0.1, 0.15) is 33.3 Å². The number of aromatic hydroxyl groups is 1. The summed E-state index contributed by atoms with van der Waals surface area (Å²) < 4.78 is 11.8. The van der Waals surface area contributed by atoms with Crippen LogP contribution in [0.4, 0.5) is 0 Å². The van der Waals surface area contributed by atoms with Gasteiger partial charge in [-0.1, -0.05) is 24.3 Å². The van der Waals surface area contributed by atoms with E-state index in [-0.39, 0.29) is 12.4 Å². The normalized spacial score (nSPS) is 21.2. The smallest absolute Gasteiger partial charge is 0.492 e. The SMILES string of the molecule is CC1(C)OB(C(=Cc2ccccc2O)CO)OC1(C)C. The molecular formula is C15H21BO4. The van der Waals surface area contributed by atoms with Gasteiger partial charge in [-0.15, -0.1) is 0 Å². The van der Waals surface area contributed by atoms with Crippen LogP contribution >= 0.6 is 0 Å². The number of phenolic OH excluding ortho intramolecular Hbond substituents is 1. The van der Waals surface area contributed by atoms with Crippen LogP contribution < -0.4 is 0 Å². The molecule has 5 heteroatoms. The highest BCUT2D eigenvalue weighted by Crippen LogP contribution is 2.38. The van der Waals surface area contributed by atoms with Gasteiger partial charge in [0.1, 0.15) is 5.75 Å². The van der Waals surface area contributed by atoms with E-state index in [9.17, 15) is 10.2 Å². The van der Waals surface area contributed by atoms with Gasteiger partial charge in [-0.3, -0.25) is 0 Å². The number of aliphatic hydroxyl groups excluding tert-OH is 1. The molecule has 0 amide bonds. The fraction of sp³-hybridized carbons (Fsp3) is 0.467. The summed E-state index contributed by atoms with van der Waals surface area (Å²) in [5, 5.41) is 19.4. The monoisotopic (exact) mass is 276 g/mol. The third-order valence-corrected chi connectivity index (χ3v) is 4.02. The predicted octanol–water partition coefficient (Wildman–Crippen LogP) is 2.40. The second-order valence-electron chi connectivity index (χ2n) is 6.02. The van der Waals surface area contributed by atoms with Crippen molar-refractivity contribution in [2.45, 2.75) is 38.9 Å². The lowest BCUT2D eigenvalue weighted by Gasteiger charge is -2.32. The topological polar surface area (TPSA) is 58.9 Å². The average molecular weight is 276 g/mol. The number of aliphatic hydroxyl groups is 1. The Morgan fingerprint density at radius 1 is 1.15 bits per heavy atom. The molecule has 0 aromatic heterocycles. The lowest BCUT2D eigenvalue weighted by molar-refractivity contribution is 0.00578. The maximum absolute atomic E-state index is 9.80. The van der Waals surface area contributed by atoms with E-state index in [4.69, 9.17) is 9.31 Å². The van der Waals surface area contributed by atoms with Crippen molar-refractivity contribution in [1.82, 2.24) is 0 Å². The van der Waals surface area contributed by atoms with Crippen LogP contribution in [0.25, 0.3) is 6.08 Å². The van der Waals surface area contributed by atoms with Gasteiger partial charge in [0.2, 0.25) is 0 Å². The zero-order valence-corrected chi connectivity index (χ0v) is 12.4. The molecule has 2 N–H and O–H groups in total. The van der Waals surface area contributed by atoms with Gasteiger partial charge < -0.3 is 19.5 Å². The number of phenols is 1. The van der Waals surface area contributed by atoms with Crippen LogP contribution in [-0.2, 0) is 9.31 Å². The Kier molecular flexibility index (Phi) is 3.96. The molecule has 0 aliphatic carbocycles. The number of hydrogen-bond donors (Lipinski definition) is 2. The minimum atomic E-state index is -0.607. The average Bonchev–Trinajstić information content (AvgIpc) is 2.57. The zero-order valence-electron chi connectivity index (χ0n) is 12.4. The molecule has 1 fully saturated rings. The molecule has 1 heterocycles. The van der Waals surface area contributed by atoms with Gasteiger partial charge in [-0.25, -0.2) is 0 Å². The highest BCUT2D eigenvalue weighted by Gasteiger charge is 2.52. The molecular weight excluding hydrogens is 255 g/mol. The number of benzene rings is 1. The van der Waals surface area contributed by atoms with Crippen LogP contribution in [0.2, 0.25) is 0 Å². The summed E-state index contributed by atoms with van der Waals surface area (Å²) in [5.74, 6) is 0.162. The van der Waals surface area contributed by atoms with Gasteiger partial charge >= 0.3 is 7.12 Å². The predicted molar refractivity (Wildman–Crippen MR) is 79.3 cm³/mol. The highest BCUT2D eigenvalue weighted by atomic mass is 16.7. The maximum atomic E-state index is 9.80. The highest BCUT2D eigenvalue weighted by molar-refractivity contribution is 6.55. The van der Waals surface area contributed by atoms with E-state index in [0.717, 1.165) is 0 Å². The van der Waals surface area contributed by atoms with Crippen molar-refractivity contribution in [1.29, 1.82) is 0 Å². The van der Waals surface area contributed by atoms with E-state index < -0.39 is 18.3 Å². The molecule has 2 rings (SSSR count). The van der Waals surface area contributed by atoms with E-state index in [1.54, 1.807) is 24.3 Å². The molecule has 4 nitrogen and oxygen atoms in total. The van der Waals surface area contributed by atoms with Crippen LogP contribution in [0, 0.1) is 0 Å². The first-order valence-electron chi connectivity index (χ1n) is 6.72. The summed E-state index contributed by atoms with van der Waals surface area (Å²) in [6, 6.07) is 6.95. The Bertz CT molecular complexity index is 506. The van der Waals surface area contributed by atoms with E-state index in [0.29, 0.717) is 11.0 Å². The van der Waals surface area contributed by atoms with Crippen molar-refractivity contribution in [3.05, 3.63) is 35.3 Å². The van der Waals surface area contributed by atoms with Gasteiger partial charge in [0.15, 0.2) is 0 Å². The Morgan fingerprint density at radius 3 is 2.20 bits per heavy atom. The first-order valence-corrected chi connectivity index (χ1v) is 6.72. The van der Waals surface area contributed by atoms with Gasteiger partial charge in [-0.2, -0.15) is 0 Å². The Labute approximate surface area is 120 Å². The zero-order chi connectivity index (χ0) is 15.0. The minimum Gasteiger partial charge on any atom is -0.507 e. The largest absolute Gasteiger partial charge is 0.507 e. The number of para-hydroxylation sites is 1. The summed E-state index contributed by atoms with van der Waals surface area (Å²) >= 11 is 0. The van der Waals surface area contributed by atoms with Gasteiger partial charge in [0.25, 0.3) is 0 Å². The summed E-state index contributed by atoms with van der Waals surface area (Å²) in [6.45, 7) is 7.65. The molecule has 1 aliphatic rings. The quantitative estimate of drug-likeness (QED) is 0.832. The fourth-order valence-electron chi connectivity index (χ4n) is 1.99. The first-order chi connectivity index (χ1) is 9.27. The van der Waals surface area contributed by atoms with Crippen LogP contribution in [-0.4, -0.2) is 35.1 Å². The first kappa shape index (κ1) is 15.1. The molecule has 0 spiro atoms. The molecule has 108 valence electrons. The second kappa shape index (κ2) is 5.24. The van der Waals surface area contributed by atoms with Crippen molar-refractivity contribution in [3.63, 3.8) is 0 Å². The van der Waals surface area contributed by atoms with Gasteiger partial charge in [0, 0.05) is 5.56 Å². The molecule has 20 heavy (non-hydrogen) atoms. The van der Waals surface area contributed by atoms with Gasteiger partial charge in [0.05, 0.1) is 17.8 Å². The second-order valence-corrected chi connectivity index (χ2v) is 6.02. The van der Waals surface area contributed by atoms with Crippen molar-refractivity contribution < 1.29 is 19.5 Å². The molecule has 1 aliphatic heterocycles. The lowest BCUT2D eigenvalue weighted by atomic mass is 9.77. The molecule has 0 saturated carbocycles. The van der Waals surface area contributed by atoms with Crippen molar-refractivity contribution in [2.24, 2.45) is 0 Å². The van der Waals surface area contributed by atoms with E-state index >= 15 is 0 Å².